The fourth-order valence-electron chi connectivity index (χ4n) is 3.69. The highest BCUT2D eigenvalue weighted by Gasteiger charge is 2.41. The Kier molecular flexibility index (Phi) is 6.42. The number of fused-ring (bicyclic) bond motifs is 1. The summed E-state index contributed by atoms with van der Waals surface area (Å²) in [5.74, 6) is 0.915. The van der Waals surface area contributed by atoms with Crippen molar-refractivity contribution >= 4 is 28.8 Å². The first-order chi connectivity index (χ1) is 15.1. The number of amidine groups is 1. The van der Waals surface area contributed by atoms with Crippen molar-refractivity contribution < 1.29 is 19.1 Å². The molecule has 0 N–H and O–H groups in total. The summed E-state index contributed by atoms with van der Waals surface area (Å²) < 4.78 is 11.2. The van der Waals surface area contributed by atoms with Crippen LogP contribution in [0.3, 0.4) is 0 Å². The number of rotatable bonds is 6. The number of carbonyl (C=O) groups excluding carboxylic acids is 2. The molecule has 6 nitrogen and oxygen atoms in total. The molecule has 1 atom stereocenters. The van der Waals surface area contributed by atoms with Crippen LogP contribution in [0, 0.1) is 0 Å². The summed E-state index contributed by atoms with van der Waals surface area (Å²) in [6, 6.07) is 16.4. The molecule has 0 radical (unpaired) electrons. The maximum absolute atomic E-state index is 13.2. The summed E-state index contributed by atoms with van der Waals surface area (Å²) in [6.07, 6.45) is 0.405. The Hall–Kier alpha value is -3.06. The average molecular weight is 437 g/mol. The predicted octanol–water partition coefficient (Wildman–Crippen LogP) is 4.48. The molecule has 1 unspecified atom stereocenters. The van der Waals surface area contributed by atoms with Crippen LogP contribution in [0.1, 0.15) is 37.4 Å². The van der Waals surface area contributed by atoms with Crippen molar-refractivity contribution in [1.29, 1.82) is 0 Å². The van der Waals surface area contributed by atoms with Crippen LogP contribution in [-0.4, -0.2) is 34.3 Å². The Morgan fingerprint density at radius 1 is 1.16 bits per heavy atom. The molecule has 2 heterocycles. The Balaban J connectivity index is 1.69. The molecule has 4 rings (SSSR count). The van der Waals surface area contributed by atoms with Gasteiger partial charge in [-0.1, -0.05) is 54.2 Å². The SMILES string of the molecule is CCOc1ccc(C2C(C(=O)OCc3ccccc3)=C(C)N=C3SCCC(=O)N32)cc1. The van der Waals surface area contributed by atoms with Gasteiger partial charge in [0.15, 0.2) is 5.17 Å². The minimum atomic E-state index is -0.577. The Morgan fingerprint density at radius 3 is 2.61 bits per heavy atom. The van der Waals surface area contributed by atoms with Crippen LogP contribution in [0.5, 0.6) is 5.75 Å². The second-order valence-corrected chi connectivity index (χ2v) is 8.28. The number of thioether (sulfide) groups is 1. The van der Waals surface area contributed by atoms with Crippen molar-refractivity contribution in [3.63, 3.8) is 0 Å². The highest BCUT2D eigenvalue weighted by Crippen LogP contribution is 2.40. The van der Waals surface area contributed by atoms with E-state index in [9.17, 15) is 9.59 Å². The predicted molar refractivity (Wildman–Crippen MR) is 121 cm³/mol. The maximum Gasteiger partial charge on any atom is 0.338 e. The summed E-state index contributed by atoms with van der Waals surface area (Å²) in [5.41, 5.74) is 2.68. The average Bonchev–Trinajstić information content (AvgIpc) is 2.78. The molecule has 1 amide bonds. The normalized spacial score (nSPS) is 18.4. The molecule has 2 aromatic carbocycles. The number of esters is 1. The summed E-state index contributed by atoms with van der Waals surface area (Å²) in [5, 5.41) is 0.632. The lowest BCUT2D eigenvalue weighted by molar-refractivity contribution is -0.141. The molecular weight excluding hydrogens is 412 g/mol. The van der Waals surface area contributed by atoms with Crippen LogP contribution >= 0.6 is 11.8 Å². The van der Waals surface area contributed by atoms with Crippen molar-refractivity contribution in [3.8, 4) is 5.75 Å². The van der Waals surface area contributed by atoms with E-state index in [0.717, 1.165) is 16.9 Å². The van der Waals surface area contributed by atoms with Crippen molar-refractivity contribution in [3.05, 3.63) is 77.0 Å². The smallest absolute Gasteiger partial charge is 0.338 e. The van der Waals surface area contributed by atoms with Gasteiger partial charge in [0.05, 0.1) is 23.9 Å². The molecule has 0 bridgehead atoms. The number of hydrogen-bond acceptors (Lipinski definition) is 6. The molecule has 160 valence electrons. The van der Waals surface area contributed by atoms with Gasteiger partial charge in [-0.2, -0.15) is 0 Å². The molecule has 0 aromatic heterocycles. The minimum Gasteiger partial charge on any atom is -0.494 e. The van der Waals surface area contributed by atoms with Crippen LogP contribution < -0.4 is 4.74 Å². The van der Waals surface area contributed by atoms with Gasteiger partial charge in [-0.15, -0.1) is 0 Å². The van der Waals surface area contributed by atoms with Crippen LogP contribution in [0.2, 0.25) is 0 Å². The number of nitrogens with zero attached hydrogens (tertiary/aromatic N) is 2. The van der Waals surface area contributed by atoms with Gasteiger partial charge in [0, 0.05) is 12.2 Å². The van der Waals surface area contributed by atoms with Gasteiger partial charge >= 0.3 is 5.97 Å². The van der Waals surface area contributed by atoms with E-state index in [0.29, 0.717) is 35.2 Å². The summed E-state index contributed by atoms with van der Waals surface area (Å²) in [4.78, 5) is 32.3. The van der Waals surface area contributed by atoms with E-state index in [1.54, 1.807) is 11.8 Å². The first-order valence-corrected chi connectivity index (χ1v) is 11.2. The zero-order chi connectivity index (χ0) is 21.8. The second kappa shape index (κ2) is 9.39. The van der Waals surface area contributed by atoms with Crippen molar-refractivity contribution in [2.45, 2.75) is 32.9 Å². The van der Waals surface area contributed by atoms with Gasteiger partial charge in [0.2, 0.25) is 5.91 Å². The monoisotopic (exact) mass is 436 g/mol. The van der Waals surface area contributed by atoms with E-state index < -0.39 is 12.0 Å². The van der Waals surface area contributed by atoms with E-state index in [2.05, 4.69) is 4.99 Å². The summed E-state index contributed by atoms with van der Waals surface area (Å²) in [6.45, 7) is 4.45. The zero-order valence-corrected chi connectivity index (χ0v) is 18.4. The number of amides is 1. The lowest BCUT2D eigenvalue weighted by atomic mass is 9.94. The lowest BCUT2D eigenvalue weighted by Gasteiger charge is -2.38. The number of ether oxygens (including phenoxy) is 2. The van der Waals surface area contributed by atoms with Gasteiger partial charge in [-0.05, 0) is 37.1 Å². The number of hydrogen-bond donors (Lipinski definition) is 0. The van der Waals surface area contributed by atoms with Crippen LogP contribution in [0.15, 0.2) is 70.9 Å². The number of carbonyl (C=O) groups is 2. The topological polar surface area (TPSA) is 68.2 Å². The van der Waals surface area contributed by atoms with Gasteiger partial charge < -0.3 is 9.47 Å². The van der Waals surface area contributed by atoms with E-state index in [4.69, 9.17) is 9.47 Å². The van der Waals surface area contributed by atoms with Crippen LogP contribution in [0.25, 0.3) is 0 Å². The quantitative estimate of drug-likeness (QED) is 0.625. The lowest BCUT2D eigenvalue weighted by Crippen LogP contribution is -2.45. The largest absolute Gasteiger partial charge is 0.494 e. The molecule has 0 saturated carbocycles. The third-order valence-corrected chi connectivity index (χ3v) is 6.10. The van der Waals surface area contributed by atoms with Crippen molar-refractivity contribution in [2.24, 2.45) is 4.99 Å². The van der Waals surface area contributed by atoms with Gasteiger partial charge in [-0.3, -0.25) is 9.69 Å². The van der Waals surface area contributed by atoms with Crippen LogP contribution in [-0.2, 0) is 20.9 Å². The second-order valence-electron chi connectivity index (χ2n) is 7.22. The number of benzene rings is 2. The molecule has 2 aliphatic heterocycles. The highest BCUT2D eigenvalue weighted by atomic mass is 32.2. The molecule has 7 heteroatoms. The van der Waals surface area contributed by atoms with E-state index in [1.165, 1.54) is 11.8 Å². The van der Waals surface area contributed by atoms with Crippen molar-refractivity contribution in [2.75, 3.05) is 12.4 Å². The standard InChI is InChI=1S/C24H24N2O4S/c1-3-29-19-11-9-18(10-12-19)22-21(23(28)30-15-17-7-5-4-6-8-17)16(2)25-24-26(22)20(27)13-14-31-24/h4-12,22H,3,13-15H2,1-2H3. The first kappa shape index (κ1) is 21.2. The summed E-state index contributed by atoms with van der Waals surface area (Å²) >= 11 is 1.53. The van der Waals surface area contributed by atoms with Gasteiger partial charge in [0.25, 0.3) is 0 Å². The third kappa shape index (κ3) is 4.51. The summed E-state index contributed by atoms with van der Waals surface area (Å²) in [7, 11) is 0. The molecule has 1 saturated heterocycles. The van der Waals surface area contributed by atoms with Crippen molar-refractivity contribution in [1.82, 2.24) is 4.90 Å². The highest BCUT2D eigenvalue weighted by molar-refractivity contribution is 8.14. The van der Waals surface area contributed by atoms with Crippen LogP contribution in [0.4, 0.5) is 0 Å². The van der Waals surface area contributed by atoms with E-state index >= 15 is 0 Å². The number of allylic oxidation sites excluding steroid dienone is 1. The van der Waals surface area contributed by atoms with Gasteiger partial charge in [-0.25, -0.2) is 9.79 Å². The molecule has 1 fully saturated rings. The molecule has 0 spiro atoms. The molecule has 31 heavy (non-hydrogen) atoms. The minimum absolute atomic E-state index is 0.0442. The Labute approximate surface area is 185 Å². The number of aliphatic imine (C=N–C) groups is 1. The van der Waals surface area contributed by atoms with E-state index in [1.807, 2.05) is 61.5 Å². The molecule has 0 aliphatic carbocycles. The maximum atomic E-state index is 13.2. The first-order valence-electron chi connectivity index (χ1n) is 10.3. The fourth-order valence-corrected chi connectivity index (χ4v) is 4.69. The fraction of sp³-hybridized carbons (Fsp3) is 0.292. The molecule has 2 aliphatic rings. The Morgan fingerprint density at radius 2 is 1.90 bits per heavy atom. The Bertz CT molecular complexity index is 1030. The molecular formula is C24H24N2O4S. The van der Waals surface area contributed by atoms with E-state index in [-0.39, 0.29) is 12.5 Å². The van der Waals surface area contributed by atoms with Gasteiger partial charge in [0.1, 0.15) is 12.4 Å². The molecule has 2 aromatic rings. The zero-order valence-electron chi connectivity index (χ0n) is 17.5. The third-order valence-electron chi connectivity index (χ3n) is 5.15.